The van der Waals surface area contributed by atoms with Gasteiger partial charge in [-0.05, 0) is 55.6 Å². The van der Waals surface area contributed by atoms with E-state index in [2.05, 4.69) is 50.5 Å². The molecular weight excluding hydrogens is 260 g/mol. The SMILES string of the molecule is CCOC1CC(CC(NN)c2cccc(CC(C)C)c2)C1. The zero-order valence-electron chi connectivity index (χ0n) is 13.6. The average Bonchev–Trinajstić information content (AvgIpc) is 2.41. The summed E-state index contributed by atoms with van der Waals surface area (Å²) in [6, 6.07) is 9.12. The van der Waals surface area contributed by atoms with Crippen LogP contribution in [0, 0.1) is 11.8 Å². The van der Waals surface area contributed by atoms with Crippen LogP contribution in [0.2, 0.25) is 0 Å². The third-order valence-electron chi connectivity index (χ3n) is 4.36. The fraction of sp³-hybridized carbons (Fsp3) is 0.667. The van der Waals surface area contributed by atoms with Crippen molar-refractivity contribution in [2.24, 2.45) is 17.7 Å². The first-order valence-corrected chi connectivity index (χ1v) is 8.28. The van der Waals surface area contributed by atoms with E-state index in [1.807, 2.05) is 0 Å². The third-order valence-corrected chi connectivity index (χ3v) is 4.36. The van der Waals surface area contributed by atoms with Gasteiger partial charge in [-0.2, -0.15) is 0 Å². The summed E-state index contributed by atoms with van der Waals surface area (Å²) in [7, 11) is 0. The van der Waals surface area contributed by atoms with Crippen LogP contribution in [0.5, 0.6) is 0 Å². The van der Waals surface area contributed by atoms with Gasteiger partial charge in [0.1, 0.15) is 0 Å². The van der Waals surface area contributed by atoms with Crippen molar-refractivity contribution >= 4 is 0 Å². The van der Waals surface area contributed by atoms with Crippen LogP contribution in [0.3, 0.4) is 0 Å². The Morgan fingerprint density at radius 1 is 1.33 bits per heavy atom. The molecule has 3 heteroatoms. The van der Waals surface area contributed by atoms with Gasteiger partial charge >= 0.3 is 0 Å². The molecule has 1 atom stereocenters. The maximum Gasteiger partial charge on any atom is 0.0580 e. The monoisotopic (exact) mass is 290 g/mol. The molecule has 0 radical (unpaired) electrons. The molecule has 1 aromatic rings. The molecule has 0 bridgehead atoms. The smallest absolute Gasteiger partial charge is 0.0580 e. The summed E-state index contributed by atoms with van der Waals surface area (Å²) >= 11 is 0. The molecule has 1 aliphatic carbocycles. The molecule has 1 unspecified atom stereocenters. The minimum Gasteiger partial charge on any atom is -0.378 e. The van der Waals surface area contributed by atoms with Crippen LogP contribution >= 0.6 is 0 Å². The van der Waals surface area contributed by atoms with Gasteiger partial charge in [0, 0.05) is 12.6 Å². The lowest BCUT2D eigenvalue weighted by Crippen LogP contribution is -2.36. The van der Waals surface area contributed by atoms with Gasteiger partial charge in [-0.25, -0.2) is 0 Å². The summed E-state index contributed by atoms with van der Waals surface area (Å²) in [6.45, 7) is 7.41. The van der Waals surface area contributed by atoms with E-state index >= 15 is 0 Å². The number of rotatable bonds is 8. The zero-order valence-corrected chi connectivity index (χ0v) is 13.6. The fourth-order valence-corrected chi connectivity index (χ4v) is 3.28. The van der Waals surface area contributed by atoms with Gasteiger partial charge in [0.15, 0.2) is 0 Å². The number of hydrazine groups is 1. The molecule has 1 aliphatic rings. The fourth-order valence-electron chi connectivity index (χ4n) is 3.28. The van der Waals surface area contributed by atoms with E-state index in [4.69, 9.17) is 10.6 Å². The Balaban J connectivity index is 1.92. The van der Waals surface area contributed by atoms with E-state index in [1.165, 1.54) is 24.0 Å². The summed E-state index contributed by atoms with van der Waals surface area (Å²) in [6.07, 6.45) is 5.06. The molecule has 0 aromatic heterocycles. The number of ether oxygens (including phenoxy) is 1. The van der Waals surface area contributed by atoms with Gasteiger partial charge in [0.05, 0.1) is 6.10 Å². The molecule has 0 saturated heterocycles. The predicted molar refractivity (Wildman–Crippen MR) is 87.8 cm³/mol. The van der Waals surface area contributed by atoms with Crippen molar-refractivity contribution < 1.29 is 4.74 Å². The molecule has 1 aromatic carbocycles. The Morgan fingerprint density at radius 2 is 2.10 bits per heavy atom. The number of nitrogens with one attached hydrogen (secondary N) is 1. The topological polar surface area (TPSA) is 47.3 Å². The molecule has 0 amide bonds. The van der Waals surface area contributed by atoms with Crippen LogP contribution in [-0.4, -0.2) is 12.7 Å². The second kappa shape index (κ2) is 7.92. The number of benzene rings is 1. The maximum absolute atomic E-state index is 5.80. The molecule has 118 valence electrons. The van der Waals surface area contributed by atoms with E-state index in [9.17, 15) is 0 Å². The van der Waals surface area contributed by atoms with Crippen molar-refractivity contribution in [1.82, 2.24) is 5.43 Å². The highest BCUT2D eigenvalue weighted by Gasteiger charge is 2.31. The van der Waals surface area contributed by atoms with Crippen molar-refractivity contribution in [1.29, 1.82) is 0 Å². The van der Waals surface area contributed by atoms with Crippen molar-refractivity contribution in [3.05, 3.63) is 35.4 Å². The standard InChI is InChI=1S/C18H30N2O/c1-4-21-17-10-15(11-17)12-18(20-19)16-7-5-6-14(9-16)8-13(2)3/h5-7,9,13,15,17-18,20H,4,8,10-12,19H2,1-3H3. The first-order valence-electron chi connectivity index (χ1n) is 8.28. The summed E-state index contributed by atoms with van der Waals surface area (Å²) < 4.78 is 5.64. The van der Waals surface area contributed by atoms with Crippen LogP contribution in [-0.2, 0) is 11.2 Å². The molecule has 0 spiro atoms. The second-order valence-corrected chi connectivity index (χ2v) is 6.71. The largest absolute Gasteiger partial charge is 0.378 e. The van der Waals surface area contributed by atoms with E-state index in [1.54, 1.807) is 0 Å². The van der Waals surface area contributed by atoms with Crippen LogP contribution in [0.1, 0.15) is 57.2 Å². The molecule has 0 aliphatic heterocycles. The van der Waals surface area contributed by atoms with Crippen LogP contribution < -0.4 is 11.3 Å². The van der Waals surface area contributed by atoms with Crippen molar-refractivity contribution in [3.8, 4) is 0 Å². The van der Waals surface area contributed by atoms with Crippen molar-refractivity contribution in [2.45, 2.75) is 58.6 Å². The second-order valence-electron chi connectivity index (χ2n) is 6.71. The van der Waals surface area contributed by atoms with E-state index in [0.29, 0.717) is 12.0 Å². The molecule has 2 rings (SSSR count). The van der Waals surface area contributed by atoms with Crippen molar-refractivity contribution in [3.63, 3.8) is 0 Å². The van der Waals surface area contributed by atoms with Gasteiger partial charge < -0.3 is 4.74 Å². The molecule has 21 heavy (non-hydrogen) atoms. The zero-order chi connectivity index (χ0) is 15.2. The maximum atomic E-state index is 5.80. The molecule has 3 nitrogen and oxygen atoms in total. The lowest BCUT2D eigenvalue weighted by molar-refractivity contribution is -0.0291. The molecule has 3 N–H and O–H groups in total. The highest BCUT2D eigenvalue weighted by atomic mass is 16.5. The van der Waals surface area contributed by atoms with Gasteiger partial charge in [-0.1, -0.05) is 38.1 Å². The Morgan fingerprint density at radius 3 is 2.71 bits per heavy atom. The minimum absolute atomic E-state index is 0.254. The van der Waals surface area contributed by atoms with Crippen molar-refractivity contribution in [2.75, 3.05) is 6.61 Å². The third kappa shape index (κ3) is 4.80. The van der Waals surface area contributed by atoms with Gasteiger partial charge in [0.25, 0.3) is 0 Å². The summed E-state index contributed by atoms with van der Waals surface area (Å²) in [4.78, 5) is 0. The average molecular weight is 290 g/mol. The Labute approximate surface area is 129 Å². The Hall–Kier alpha value is -0.900. The van der Waals surface area contributed by atoms with Gasteiger partial charge in [-0.3, -0.25) is 11.3 Å². The highest BCUT2D eigenvalue weighted by molar-refractivity contribution is 5.26. The minimum atomic E-state index is 0.254. The summed E-state index contributed by atoms with van der Waals surface area (Å²) in [5.74, 6) is 7.21. The highest BCUT2D eigenvalue weighted by Crippen LogP contribution is 2.36. The van der Waals surface area contributed by atoms with Crippen LogP contribution in [0.4, 0.5) is 0 Å². The first-order chi connectivity index (χ1) is 10.1. The van der Waals surface area contributed by atoms with Crippen LogP contribution in [0.25, 0.3) is 0 Å². The lowest BCUT2D eigenvalue weighted by atomic mass is 9.77. The quantitative estimate of drug-likeness (QED) is 0.568. The summed E-state index contributed by atoms with van der Waals surface area (Å²) in [5.41, 5.74) is 5.73. The Bertz CT molecular complexity index is 427. The van der Waals surface area contributed by atoms with Gasteiger partial charge in [-0.15, -0.1) is 0 Å². The molecule has 1 saturated carbocycles. The predicted octanol–water partition coefficient (Wildman–Crippen LogP) is 3.59. The number of hydrogen-bond donors (Lipinski definition) is 2. The van der Waals surface area contributed by atoms with E-state index in [-0.39, 0.29) is 6.04 Å². The molecular formula is C18H30N2O. The number of nitrogens with two attached hydrogens (primary N) is 1. The Kier molecular flexibility index (Phi) is 6.22. The number of hydrogen-bond acceptors (Lipinski definition) is 3. The first kappa shape index (κ1) is 16.5. The summed E-state index contributed by atoms with van der Waals surface area (Å²) in [5, 5.41) is 0. The van der Waals surface area contributed by atoms with Crippen LogP contribution in [0.15, 0.2) is 24.3 Å². The normalized spacial score (nSPS) is 23.1. The van der Waals surface area contributed by atoms with Gasteiger partial charge in [0.2, 0.25) is 0 Å². The molecule has 1 fully saturated rings. The van der Waals surface area contributed by atoms with E-state index in [0.717, 1.165) is 25.4 Å². The molecule has 0 heterocycles. The lowest BCUT2D eigenvalue weighted by Gasteiger charge is -2.37. The van der Waals surface area contributed by atoms with E-state index < -0.39 is 0 Å².